The Morgan fingerprint density at radius 1 is 1.29 bits per heavy atom. The van der Waals surface area contributed by atoms with Gasteiger partial charge in [0.05, 0.1) is 0 Å². The zero-order valence-corrected chi connectivity index (χ0v) is 11.3. The molecule has 1 aromatic rings. The smallest absolute Gasteiger partial charge is 0.0406 e. The molecule has 0 saturated heterocycles. The average Bonchev–Trinajstić information content (AvgIpc) is 2.27. The second-order valence-electron chi connectivity index (χ2n) is 5.10. The standard InChI is InChI=1S/C15H22ClN/c1-2-4-15(17-11-12-5-3-6-12)13-7-9-14(16)10-8-13/h7-10,12,15,17H,2-6,11H2,1H3. The lowest BCUT2D eigenvalue weighted by molar-refractivity contribution is 0.286. The summed E-state index contributed by atoms with van der Waals surface area (Å²) in [6.45, 7) is 3.42. The largest absolute Gasteiger partial charge is 0.310 e. The fourth-order valence-electron chi connectivity index (χ4n) is 2.38. The molecule has 1 aromatic carbocycles. The molecular weight excluding hydrogens is 230 g/mol. The van der Waals surface area contributed by atoms with E-state index in [1.807, 2.05) is 12.1 Å². The monoisotopic (exact) mass is 251 g/mol. The Bertz CT molecular complexity index is 329. The first-order valence-corrected chi connectivity index (χ1v) is 7.16. The molecule has 1 aliphatic rings. The van der Waals surface area contributed by atoms with Gasteiger partial charge in [0, 0.05) is 11.1 Å². The molecule has 0 bridgehead atoms. The molecule has 1 nitrogen and oxygen atoms in total. The van der Waals surface area contributed by atoms with Crippen molar-refractivity contribution < 1.29 is 0 Å². The number of hydrogen-bond donors (Lipinski definition) is 1. The lowest BCUT2D eigenvalue weighted by Crippen LogP contribution is -2.30. The molecule has 1 atom stereocenters. The molecule has 1 unspecified atom stereocenters. The molecule has 1 fully saturated rings. The van der Waals surface area contributed by atoms with E-state index in [0.717, 1.165) is 10.9 Å². The Balaban J connectivity index is 1.92. The van der Waals surface area contributed by atoms with Crippen molar-refractivity contribution >= 4 is 11.6 Å². The van der Waals surface area contributed by atoms with Gasteiger partial charge < -0.3 is 5.32 Å². The van der Waals surface area contributed by atoms with E-state index in [0.29, 0.717) is 6.04 Å². The topological polar surface area (TPSA) is 12.0 Å². The molecule has 2 rings (SSSR count). The highest BCUT2D eigenvalue weighted by atomic mass is 35.5. The first-order valence-electron chi connectivity index (χ1n) is 6.78. The van der Waals surface area contributed by atoms with Crippen LogP contribution in [0.4, 0.5) is 0 Å². The van der Waals surface area contributed by atoms with Crippen molar-refractivity contribution in [3.05, 3.63) is 34.9 Å². The average molecular weight is 252 g/mol. The molecule has 0 heterocycles. The predicted octanol–water partition coefficient (Wildman–Crippen LogP) is 4.57. The van der Waals surface area contributed by atoms with E-state index < -0.39 is 0 Å². The van der Waals surface area contributed by atoms with E-state index >= 15 is 0 Å². The fraction of sp³-hybridized carbons (Fsp3) is 0.600. The summed E-state index contributed by atoms with van der Waals surface area (Å²) in [5.74, 6) is 0.918. The van der Waals surface area contributed by atoms with E-state index in [-0.39, 0.29) is 0 Å². The molecule has 0 amide bonds. The Labute approximate surface area is 110 Å². The summed E-state index contributed by atoms with van der Waals surface area (Å²) in [7, 11) is 0. The first-order chi connectivity index (χ1) is 8.29. The van der Waals surface area contributed by atoms with Crippen molar-refractivity contribution in [3.63, 3.8) is 0 Å². The van der Waals surface area contributed by atoms with Gasteiger partial charge in [0.1, 0.15) is 0 Å². The summed E-state index contributed by atoms with van der Waals surface area (Å²) >= 11 is 5.93. The minimum absolute atomic E-state index is 0.498. The van der Waals surface area contributed by atoms with Gasteiger partial charge in [-0.2, -0.15) is 0 Å². The second kappa shape index (κ2) is 6.42. The molecule has 0 radical (unpaired) electrons. The number of benzene rings is 1. The molecule has 17 heavy (non-hydrogen) atoms. The van der Waals surface area contributed by atoms with Gasteiger partial charge in [-0.25, -0.2) is 0 Å². The highest BCUT2D eigenvalue weighted by Gasteiger charge is 2.19. The first kappa shape index (κ1) is 12.9. The molecule has 94 valence electrons. The van der Waals surface area contributed by atoms with Crippen molar-refractivity contribution in [1.82, 2.24) is 5.32 Å². The fourth-order valence-corrected chi connectivity index (χ4v) is 2.50. The third-order valence-corrected chi connectivity index (χ3v) is 3.98. The Hall–Kier alpha value is -0.530. The van der Waals surface area contributed by atoms with Crippen molar-refractivity contribution in [2.24, 2.45) is 5.92 Å². The summed E-state index contributed by atoms with van der Waals surface area (Å²) in [5.41, 5.74) is 1.37. The van der Waals surface area contributed by atoms with Crippen LogP contribution in [0.25, 0.3) is 0 Å². The summed E-state index contributed by atoms with van der Waals surface area (Å²) in [4.78, 5) is 0. The van der Waals surface area contributed by atoms with Gasteiger partial charge in [-0.05, 0) is 49.4 Å². The Morgan fingerprint density at radius 2 is 2.00 bits per heavy atom. The normalized spacial score (nSPS) is 17.8. The maximum atomic E-state index is 5.93. The molecule has 0 spiro atoms. The minimum Gasteiger partial charge on any atom is -0.310 e. The lowest BCUT2D eigenvalue weighted by atomic mass is 9.85. The summed E-state index contributed by atoms with van der Waals surface area (Å²) in [5, 5.41) is 4.54. The second-order valence-corrected chi connectivity index (χ2v) is 5.53. The molecule has 0 aliphatic heterocycles. The highest BCUT2D eigenvalue weighted by Crippen LogP contribution is 2.27. The zero-order valence-electron chi connectivity index (χ0n) is 10.6. The molecule has 0 aromatic heterocycles. The van der Waals surface area contributed by atoms with Crippen LogP contribution in [0.2, 0.25) is 5.02 Å². The van der Waals surface area contributed by atoms with E-state index in [2.05, 4.69) is 24.4 Å². The van der Waals surface area contributed by atoms with Crippen molar-refractivity contribution in [3.8, 4) is 0 Å². The minimum atomic E-state index is 0.498. The third-order valence-electron chi connectivity index (χ3n) is 3.73. The van der Waals surface area contributed by atoms with Gasteiger partial charge in [0.25, 0.3) is 0 Å². The summed E-state index contributed by atoms with van der Waals surface area (Å²) in [6.07, 6.45) is 6.66. The zero-order chi connectivity index (χ0) is 12.1. The third kappa shape index (κ3) is 3.72. The van der Waals surface area contributed by atoms with Crippen LogP contribution in [0.3, 0.4) is 0 Å². The van der Waals surface area contributed by atoms with Crippen molar-refractivity contribution in [2.75, 3.05) is 6.54 Å². The van der Waals surface area contributed by atoms with Gasteiger partial charge in [-0.1, -0.05) is 43.5 Å². The van der Waals surface area contributed by atoms with Crippen LogP contribution in [0.15, 0.2) is 24.3 Å². The van der Waals surface area contributed by atoms with Crippen molar-refractivity contribution in [1.29, 1.82) is 0 Å². The van der Waals surface area contributed by atoms with E-state index in [1.54, 1.807) is 0 Å². The number of hydrogen-bond acceptors (Lipinski definition) is 1. The van der Waals surface area contributed by atoms with Gasteiger partial charge in [0.15, 0.2) is 0 Å². The van der Waals surface area contributed by atoms with Crippen LogP contribution < -0.4 is 5.32 Å². The maximum absolute atomic E-state index is 5.93. The highest BCUT2D eigenvalue weighted by molar-refractivity contribution is 6.30. The van der Waals surface area contributed by atoms with Gasteiger partial charge in [0.2, 0.25) is 0 Å². The molecule has 2 heteroatoms. The van der Waals surface area contributed by atoms with Crippen LogP contribution in [-0.2, 0) is 0 Å². The molecule has 1 N–H and O–H groups in total. The Kier molecular flexibility index (Phi) is 4.87. The summed E-state index contributed by atoms with van der Waals surface area (Å²) < 4.78 is 0. The quantitative estimate of drug-likeness (QED) is 0.781. The van der Waals surface area contributed by atoms with Crippen molar-refractivity contribution in [2.45, 2.75) is 45.1 Å². The van der Waals surface area contributed by atoms with Gasteiger partial charge in [-0.15, -0.1) is 0 Å². The van der Waals surface area contributed by atoms with Gasteiger partial charge >= 0.3 is 0 Å². The van der Waals surface area contributed by atoms with E-state index in [1.165, 1.54) is 44.2 Å². The van der Waals surface area contributed by atoms with Crippen LogP contribution >= 0.6 is 11.6 Å². The lowest BCUT2D eigenvalue weighted by Gasteiger charge is -2.28. The molecule has 1 aliphatic carbocycles. The SMILES string of the molecule is CCCC(NCC1CCC1)c1ccc(Cl)cc1. The van der Waals surface area contributed by atoms with Crippen LogP contribution in [0.1, 0.15) is 50.6 Å². The van der Waals surface area contributed by atoms with Crippen LogP contribution in [0.5, 0.6) is 0 Å². The van der Waals surface area contributed by atoms with Crippen LogP contribution in [-0.4, -0.2) is 6.54 Å². The number of rotatable bonds is 6. The number of halogens is 1. The van der Waals surface area contributed by atoms with E-state index in [9.17, 15) is 0 Å². The summed E-state index contributed by atoms with van der Waals surface area (Å²) in [6, 6.07) is 8.78. The Morgan fingerprint density at radius 3 is 2.53 bits per heavy atom. The van der Waals surface area contributed by atoms with Crippen LogP contribution in [0, 0.1) is 5.92 Å². The van der Waals surface area contributed by atoms with E-state index in [4.69, 9.17) is 11.6 Å². The van der Waals surface area contributed by atoms with Gasteiger partial charge in [-0.3, -0.25) is 0 Å². The maximum Gasteiger partial charge on any atom is 0.0406 e. The predicted molar refractivity (Wildman–Crippen MR) is 74.4 cm³/mol. The molecule has 1 saturated carbocycles. The molecular formula is C15H22ClN. The number of nitrogens with one attached hydrogen (secondary N) is 1.